The van der Waals surface area contributed by atoms with E-state index in [4.69, 9.17) is 4.74 Å². The van der Waals surface area contributed by atoms with E-state index in [0.29, 0.717) is 0 Å². The van der Waals surface area contributed by atoms with E-state index in [9.17, 15) is 0 Å². The molecule has 0 spiro atoms. The Kier molecular flexibility index (Phi) is 4.00. The molecule has 4 heteroatoms. The highest BCUT2D eigenvalue weighted by molar-refractivity contribution is 5.73. The van der Waals surface area contributed by atoms with Crippen molar-refractivity contribution in [1.82, 2.24) is 9.97 Å². The molecule has 4 nitrogen and oxygen atoms in total. The zero-order valence-electron chi connectivity index (χ0n) is 11.8. The molecule has 1 heterocycles. The number of anilines is 1. The maximum absolute atomic E-state index is 5.48. The molecule has 0 aliphatic heterocycles. The summed E-state index contributed by atoms with van der Waals surface area (Å²) in [7, 11) is 1.68. The van der Waals surface area contributed by atoms with E-state index >= 15 is 0 Å². The van der Waals surface area contributed by atoms with Gasteiger partial charge in [0, 0.05) is 18.2 Å². The van der Waals surface area contributed by atoms with E-state index in [1.807, 2.05) is 19.1 Å². The Hall–Kier alpha value is -2.10. The number of rotatable bonds is 4. The highest BCUT2D eigenvalue weighted by Gasteiger charge is 2.12. The summed E-state index contributed by atoms with van der Waals surface area (Å²) in [6.07, 6.45) is 1.58. The Morgan fingerprint density at radius 1 is 1.16 bits per heavy atom. The predicted octanol–water partition coefficient (Wildman–Crippen LogP) is 3.20. The van der Waals surface area contributed by atoms with Crippen LogP contribution in [0.15, 0.2) is 24.5 Å². The van der Waals surface area contributed by atoms with Crippen molar-refractivity contribution in [3.8, 4) is 17.0 Å². The van der Waals surface area contributed by atoms with Crippen LogP contribution in [0.1, 0.15) is 18.1 Å². The fourth-order valence-electron chi connectivity index (χ4n) is 2.19. The molecular weight excluding hydrogens is 238 g/mol. The van der Waals surface area contributed by atoms with Crippen LogP contribution in [0.2, 0.25) is 0 Å². The largest absolute Gasteiger partial charge is 0.496 e. The minimum atomic E-state index is 0.828. The van der Waals surface area contributed by atoms with Crippen LogP contribution in [0.3, 0.4) is 0 Å². The molecule has 0 bridgehead atoms. The molecule has 0 unspecified atom stereocenters. The molecule has 0 aliphatic rings. The van der Waals surface area contributed by atoms with Gasteiger partial charge in [0.15, 0.2) is 0 Å². The summed E-state index contributed by atoms with van der Waals surface area (Å²) < 4.78 is 5.48. The highest BCUT2D eigenvalue weighted by atomic mass is 16.5. The van der Waals surface area contributed by atoms with E-state index in [1.54, 1.807) is 13.4 Å². The molecule has 0 fully saturated rings. The fraction of sp³-hybridized carbons (Fsp3) is 0.333. The van der Waals surface area contributed by atoms with Gasteiger partial charge in [0.1, 0.15) is 17.9 Å². The third-order valence-electron chi connectivity index (χ3n) is 2.94. The van der Waals surface area contributed by atoms with Gasteiger partial charge in [-0.05, 0) is 38.0 Å². The summed E-state index contributed by atoms with van der Waals surface area (Å²) in [5.74, 6) is 1.67. The minimum absolute atomic E-state index is 0.828. The fourth-order valence-corrected chi connectivity index (χ4v) is 2.19. The van der Waals surface area contributed by atoms with Gasteiger partial charge in [0.2, 0.25) is 0 Å². The van der Waals surface area contributed by atoms with Gasteiger partial charge < -0.3 is 10.1 Å². The van der Waals surface area contributed by atoms with Crippen LogP contribution >= 0.6 is 0 Å². The molecule has 1 aromatic carbocycles. The molecule has 19 heavy (non-hydrogen) atoms. The molecule has 0 saturated carbocycles. The molecule has 0 saturated heterocycles. The Bertz CT molecular complexity index is 582. The first-order valence-corrected chi connectivity index (χ1v) is 6.37. The zero-order chi connectivity index (χ0) is 13.8. The lowest BCUT2D eigenvalue weighted by Gasteiger charge is -2.13. The molecule has 2 aromatic rings. The van der Waals surface area contributed by atoms with Crippen molar-refractivity contribution in [2.24, 2.45) is 0 Å². The summed E-state index contributed by atoms with van der Waals surface area (Å²) in [5.41, 5.74) is 4.23. The van der Waals surface area contributed by atoms with Gasteiger partial charge in [0.25, 0.3) is 0 Å². The lowest BCUT2D eigenvalue weighted by molar-refractivity contribution is 0.415. The third-order valence-corrected chi connectivity index (χ3v) is 2.94. The van der Waals surface area contributed by atoms with E-state index in [2.05, 4.69) is 35.2 Å². The second-order valence-corrected chi connectivity index (χ2v) is 4.48. The number of aromatic nitrogens is 2. The lowest BCUT2D eigenvalue weighted by atomic mass is 10.0. The van der Waals surface area contributed by atoms with Crippen molar-refractivity contribution in [1.29, 1.82) is 0 Å². The molecule has 0 radical (unpaired) electrons. The summed E-state index contributed by atoms with van der Waals surface area (Å²) in [5, 5.41) is 3.19. The van der Waals surface area contributed by atoms with Crippen molar-refractivity contribution in [2.75, 3.05) is 19.0 Å². The average Bonchev–Trinajstić information content (AvgIpc) is 2.38. The maximum atomic E-state index is 5.48. The van der Waals surface area contributed by atoms with Crippen molar-refractivity contribution in [3.05, 3.63) is 35.7 Å². The van der Waals surface area contributed by atoms with Gasteiger partial charge in [0.05, 0.1) is 12.8 Å². The van der Waals surface area contributed by atoms with Crippen molar-refractivity contribution < 1.29 is 4.74 Å². The van der Waals surface area contributed by atoms with Gasteiger partial charge in [-0.3, -0.25) is 0 Å². The normalized spacial score (nSPS) is 10.3. The van der Waals surface area contributed by atoms with Gasteiger partial charge in [-0.25, -0.2) is 9.97 Å². The number of ether oxygens (including phenoxy) is 1. The number of methoxy groups -OCH3 is 1. The third kappa shape index (κ3) is 2.84. The number of hydrogen-bond acceptors (Lipinski definition) is 4. The van der Waals surface area contributed by atoms with Crippen LogP contribution in [0.5, 0.6) is 5.75 Å². The molecule has 0 aliphatic carbocycles. The van der Waals surface area contributed by atoms with E-state index < -0.39 is 0 Å². The first kappa shape index (κ1) is 13.3. The topological polar surface area (TPSA) is 47.0 Å². The Morgan fingerprint density at radius 2 is 1.95 bits per heavy atom. The average molecular weight is 257 g/mol. The van der Waals surface area contributed by atoms with Gasteiger partial charge in [-0.15, -0.1) is 0 Å². The smallest absolute Gasteiger partial charge is 0.129 e. The monoisotopic (exact) mass is 257 g/mol. The summed E-state index contributed by atoms with van der Waals surface area (Å²) in [4.78, 5) is 8.55. The molecule has 2 rings (SSSR count). The second-order valence-electron chi connectivity index (χ2n) is 4.48. The first-order chi connectivity index (χ1) is 9.15. The zero-order valence-corrected chi connectivity index (χ0v) is 11.8. The second kappa shape index (κ2) is 5.69. The minimum Gasteiger partial charge on any atom is -0.496 e. The molecule has 1 aromatic heterocycles. The highest BCUT2D eigenvalue weighted by Crippen LogP contribution is 2.33. The van der Waals surface area contributed by atoms with Crippen molar-refractivity contribution in [2.45, 2.75) is 20.8 Å². The Morgan fingerprint density at radius 3 is 2.63 bits per heavy atom. The van der Waals surface area contributed by atoms with Crippen molar-refractivity contribution >= 4 is 5.82 Å². The van der Waals surface area contributed by atoms with Crippen LogP contribution in [0.4, 0.5) is 5.82 Å². The van der Waals surface area contributed by atoms with Crippen LogP contribution in [0, 0.1) is 13.8 Å². The van der Waals surface area contributed by atoms with Crippen LogP contribution in [0.25, 0.3) is 11.3 Å². The molecule has 1 N–H and O–H groups in total. The van der Waals surface area contributed by atoms with Gasteiger partial charge in [-0.2, -0.15) is 0 Å². The summed E-state index contributed by atoms with van der Waals surface area (Å²) >= 11 is 0. The summed E-state index contributed by atoms with van der Waals surface area (Å²) in [6, 6.07) is 6.11. The van der Waals surface area contributed by atoms with Crippen molar-refractivity contribution in [3.63, 3.8) is 0 Å². The quantitative estimate of drug-likeness (QED) is 0.913. The predicted molar refractivity (Wildman–Crippen MR) is 77.7 cm³/mol. The molecule has 0 amide bonds. The first-order valence-electron chi connectivity index (χ1n) is 6.37. The maximum Gasteiger partial charge on any atom is 0.129 e. The number of aryl methyl sites for hydroxylation is 2. The SMILES string of the molecule is CCNc1cc(-c2c(C)cc(C)cc2OC)ncn1. The molecular formula is C15H19N3O. The lowest BCUT2D eigenvalue weighted by Crippen LogP contribution is -2.01. The number of benzene rings is 1. The van der Waals surface area contributed by atoms with Crippen LogP contribution < -0.4 is 10.1 Å². The number of hydrogen-bond donors (Lipinski definition) is 1. The van der Waals surface area contributed by atoms with Gasteiger partial charge >= 0.3 is 0 Å². The van der Waals surface area contributed by atoms with E-state index in [-0.39, 0.29) is 0 Å². The van der Waals surface area contributed by atoms with Crippen LogP contribution in [-0.2, 0) is 0 Å². The van der Waals surface area contributed by atoms with E-state index in [0.717, 1.165) is 34.9 Å². The Balaban J connectivity index is 2.54. The molecule has 0 atom stereocenters. The molecule has 100 valence electrons. The standard InChI is InChI=1S/C15H19N3O/c1-5-16-14-8-12(17-9-18-14)15-11(3)6-10(2)7-13(15)19-4/h6-9H,5H2,1-4H3,(H,16,17,18). The number of nitrogens with zero attached hydrogens (tertiary/aromatic N) is 2. The Labute approximate surface area is 113 Å². The summed E-state index contributed by atoms with van der Waals surface area (Å²) in [6.45, 7) is 7.00. The number of nitrogens with one attached hydrogen (secondary N) is 1. The van der Waals surface area contributed by atoms with E-state index in [1.165, 1.54) is 5.56 Å². The van der Waals surface area contributed by atoms with Gasteiger partial charge in [-0.1, -0.05) is 6.07 Å². The van der Waals surface area contributed by atoms with Crippen LogP contribution in [-0.4, -0.2) is 23.6 Å².